The second kappa shape index (κ2) is 8.68. The third kappa shape index (κ3) is 3.90. The minimum atomic E-state index is -0.379. The van der Waals surface area contributed by atoms with Crippen LogP contribution in [0.1, 0.15) is 51.1 Å². The van der Waals surface area contributed by atoms with E-state index in [1.807, 2.05) is 24.4 Å². The van der Waals surface area contributed by atoms with Crippen LogP contribution in [-0.2, 0) is 9.59 Å². The Labute approximate surface area is 180 Å². The van der Waals surface area contributed by atoms with Crippen molar-refractivity contribution in [3.05, 3.63) is 40.9 Å². The summed E-state index contributed by atoms with van der Waals surface area (Å²) in [4.78, 5) is 41.2. The normalized spacial score (nSPS) is 19.9. The lowest BCUT2D eigenvalue weighted by Crippen LogP contribution is -2.44. The second-order valence-corrected chi connectivity index (χ2v) is 8.97. The van der Waals surface area contributed by atoms with Crippen molar-refractivity contribution < 1.29 is 14.4 Å². The molecule has 0 unspecified atom stereocenters. The predicted molar refractivity (Wildman–Crippen MR) is 120 cm³/mol. The molecule has 1 aromatic carbocycles. The van der Waals surface area contributed by atoms with E-state index in [9.17, 15) is 14.4 Å². The van der Waals surface area contributed by atoms with Crippen LogP contribution in [0.3, 0.4) is 0 Å². The molecule has 2 saturated heterocycles. The van der Waals surface area contributed by atoms with Crippen molar-refractivity contribution in [1.82, 2.24) is 14.4 Å². The lowest BCUT2D eigenvalue weighted by atomic mass is 10.1. The summed E-state index contributed by atoms with van der Waals surface area (Å²) in [5.74, 6) is -0.526. The van der Waals surface area contributed by atoms with Crippen LogP contribution in [0.15, 0.2) is 35.4 Å². The van der Waals surface area contributed by atoms with Crippen LogP contribution in [0.2, 0.25) is 0 Å². The number of rotatable bonds is 5. The number of carbonyl (C=O) groups is 3. The first-order valence-electron chi connectivity index (χ1n) is 10.6. The van der Waals surface area contributed by atoms with Gasteiger partial charge >= 0.3 is 0 Å². The summed E-state index contributed by atoms with van der Waals surface area (Å²) in [5, 5.41) is 0.677. The summed E-state index contributed by atoms with van der Waals surface area (Å²) in [7, 11) is 0. The van der Waals surface area contributed by atoms with Gasteiger partial charge in [0.25, 0.3) is 11.1 Å². The number of amides is 3. The number of piperidine rings is 1. The van der Waals surface area contributed by atoms with Crippen molar-refractivity contribution in [2.75, 3.05) is 19.6 Å². The smallest absolute Gasteiger partial charge is 0.294 e. The van der Waals surface area contributed by atoms with Crippen LogP contribution in [-0.4, -0.2) is 51.1 Å². The molecule has 2 aromatic rings. The molecule has 4 rings (SSSR count). The Hall–Kier alpha value is -2.54. The minimum absolute atomic E-state index is 0.147. The Bertz CT molecular complexity index is 1020. The Morgan fingerprint density at radius 2 is 1.90 bits per heavy atom. The van der Waals surface area contributed by atoms with Gasteiger partial charge in [-0.15, -0.1) is 0 Å². The molecule has 1 aromatic heterocycles. The number of hydrogen-bond acceptors (Lipinski definition) is 4. The maximum Gasteiger partial charge on any atom is 0.294 e. The molecule has 2 aliphatic rings. The number of para-hydroxylation sites is 1. The van der Waals surface area contributed by atoms with Crippen LogP contribution < -0.4 is 0 Å². The molecule has 0 aliphatic carbocycles. The fraction of sp³-hybridized carbons (Fsp3) is 0.435. The van der Waals surface area contributed by atoms with Gasteiger partial charge in [-0.05, 0) is 56.5 Å². The topological polar surface area (TPSA) is 62.6 Å². The third-order valence-corrected chi connectivity index (χ3v) is 6.91. The van der Waals surface area contributed by atoms with E-state index in [0.717, 1.165) is 58.8 Å². The van der Waals surface area contributed by atoms with E-state index in [1.165, 1.54) is 0 Å². The SMILES string of the molecule is CC[C@H](C)n1cc(/C=C2\SC(=O)N(CC(=O)N3CCCCC3)C2=O)c2ccccc21. The molecule has 1 atom stereocenters. The van der Waals surface area contributed by atoms with Crippen molar-refractivity contribution in [1.29, 1.82) is 0 Å². The van der Waals surface area contributed by atoms with E-state index >= 15 is 0 Å². The van der Waals surface area contributed by atoms with Crippen molar-refractivity contribution in [2.24, 2.45) is 0 Å². The van der Waals surface area contributed by atoms with E-state index in [2.05, 4.69) is 24.5 Å². The van der Waals surface area contributed by atoms with Gasteiger partial charge < -0.3 is 9.47 Å². The Morgan fingerprint density at radius 1 is 1.17 bits per heavy atom. The molecule has 7 heteroatoms. The summed E-state index contributed by atoms with van der Waals surface area (Å²) in [5.41, 5.74) is 2.02. The van der Waals surface area contributed by atoms with Gasteiger partial charge in [0.15, 0.2) is 0 Å². The van der Waals surface area contributed by atoms with Gasteiger partial charge in [0.1, 0.15) is 6.54 Å². The zero-order valence-electron chi connectivity index (χ0n) is 17.5. The standard InChI is InChI=1S/C23H27N3O3S/c1-3-16(2)25-14-17(18-9-5-6-10-19(18)25)13-20-22(28)26(23(29)30-20)15-21(27)24-11-7-4-8-12-24/h5-6,9-10,13-14,16H,3-4,7-8,11-12,15H2,1-2H3/b20-13-/t16-/m0/s1. The molecular weight excluding hydrogens is 398 g/mol. The molecule has 0 N–H and O–H groups in total. The van der Waals surface area contributed by atoms with Gasteiger partial charge in [-0.1, -0.05) is 25.1 Å². The predicted octanol–water partition coefficient (Wildman–Crippen LogP) is 4.66. The fourth-order valence-electron chi connectivity index (χ4n) is 4.06. The highest BCUT2D eigenvalue weighted by Crippen LogP contribution is 2.35. The average Bonchev–Trinajstić information content (AvgIpc) is 3.26. The minimum Gasteiger partial charge on any atom is -0.344 e. The van der Waals surface area contributed by atoms with Crippen LogP contribution >= 0.6 is 11.8 Å². The highest BCUT2D eigenvalue weighted by atomic mass is 32.2. The van der Waals surface area contributed by atoms with E-state index in [4.69, 9.17) is 0 Å². The molecule has 3 amide bonds. The van der Waals surface area contributed by atoms with E-state index < -0.39 is 0 Å². The lowest BCUT2D eigenvalue weighted by molar-refractivity contribution is -0.136. The van der Waals surface area contributed by atoms with Crippen molar-refractivity contribution in [3.63, 3.8) is 0 Å². The van der Waals surface area contributed by atoms with Crippen molar-refractivity contribution in [2.45, 2.75) is 45.6 Å². The van der Waals surface area contributed by atoms with Gasteiger partial charge in [0, 0.05) is 41.8 Å². The monoisotopic (exact) mass is 425 g/mol. The molecule has 2 fully saturated rings. The van der Waals surface area contributed by atoms with Gasteiger partial charge in [0.2, 0.25) is 5.91 Å². The largest absolute Gasteiger partial charge is 0.344 e. The van der Waals surface area contributed by atoms with E-state index in [0.29, 0.717) is 24.0 Å². The summed E-state index contributed by atoms with van der Waals surface area (Å²) >= 11 is 0.916. The fourth-order valence-corrected chi connectivity index (χ4v) is 4.89. The molecular formula is C23H27N3O3S. The molecule has 0 bridgehead atoms. The number of hydrogen-bond donors (Lipinski definition) is 0. The molecule has 0 saturated carbocycles. The zero-order chi connectivity index (χ0) is 21.3. The van der Waals surface area contributed by atoms with Crippen LogP contribution in [0, 0.1) is 0 Å². The Kier molecular flexibility index (Phi) is 5.99. The van der Waals surface area contributed by atoms with Gasteiger partial charge in [0.05, 0.1) is 4.91 Å². The van der Waals surface area contributed by atoms with Gasteiger partial charge in [-0.3, -0.25) is 19.3 Å². The maximum atomic E-state index is 12.9. The first kappa shape index (κ1) is 20.7. The zero-order valence-corrected chi connectivity index (χ0v) is 18.3. The quantitative estimate of drug-likeness (QED) is 0.654. The average molecular weight is 426 g/mol. The highest BCUT2D eigenvalue weighted by molar-refractivity contribution is 8.18. The van der Waals surface area contributed by atoms with Crippen LogP contribution in [0.25, 0.3) is 17.0 Å². The van der Waals surface area contributed by atoms with Crippen molar-refractivity contribution >= 4 is 45.8 Å². The van der Waals surface area contributed by atoms with Crippen LogP contribution in [0.5, 0.6) is 0 Å². The highest BCUT2D eigenvalue weighted by Gasteiger charge is 2.37. The molecule has 0 spiro atoms. The van der Waals surface area contributed by atoms with Gasteiger partial charge in [-0.2, -0.15) is 0 Å². The molecule has 0 radical (unpaired) electrons. The Morgan fingerprint density at radius 3 is 2.63 bits per heavy atom. The number of thioether (sulfide) groups is 1. The summed E-state index contributed by atoms with van der Waals surface area (Å²) < 4.78 is 2.21. The number of likely N-dealkylation sites (tertiary alicyclic amines) is 1. The van der Waals surface area contributed by atoms with E-state index in [1.54, 1.807) is 11.0 Å². The number of carbonyl (C=O) groups excluding carboxylic acids is 3. The van der Waals surface area contributed by atoms with Gasteiger partial charge in [-0.25, -0.2) is 0 Å². The second-order valence-electron chi connectivity index (χ2n) is 7.98. The van der Waals surface area contributed by atoms with Crippen molar-refractivity contribution in [3.8, 4) is 0 Å². The molecule has 2 aliphatic heterocycles. The summed E-state index contributed by atoms with van der Waals surface area (Å²) in [6.07, 6.45) is 7.91. The number of imide groups is 1. The summed E-state index contributed by atoms with van der Waals surface area (Å²) in [6.45, 7) is 5.55. The molecule has 3 heterocycles. The molecule has 158 valence electrons. The number of fused-ring (bicyclic) bond motifs is 1. The molecule has 30 heavy (non-hydrogen) atoms. The van der Waals surface area contributed by atoms with Crippen LogP contribution in [0.4, 0.5) is 4.79 Å². The first-order valence-corrected chi connectivity index (χ1v) is 11.4. The third-order valence-electron chi connectivity index (χ3n) is 6.00. The number of benzene rings is 1. The summed E-state index contributed by atoms with van der Waals surface area (Å²) in [6, 6.07) is 8.41. The number of nitrogens with zero attached hydrogens (tertiary/aromatic N) is 3. The molecule has 6 nitrogen and oxygen atoms in total. The maximum absolute atomic E-state index is 12.9. The first-order chi connectivity index (χ1) is 14.5. The van der Waals surface area contributed by atoms with E-state index in [-0.39, 0.29) is 23.6 Å². The number of aromatic nitrogens is 1. The Balaban J connectivity index is 1.58. The lowest BCUT2D eigenvalue weighted by Gasteiger charge is -2.27.